The van der Waals surface area contributed by atoms with Crippen molar-refractivity contribution in [2.45, 2.75) is 25.8 Å². The fourth-order valence-electron chi connectivity index (χ4n) is 4.47. The minimum absolute atomic E-state index is 0.232. The van der Waals surface area contributed by atoms with E-state index in [0.29, 0.717) is 27.9 Å². The number of thiazole rings is 1. The SMILES string of the molecule is Cc1cn2cc(NC(=O)c3nc4ccc(N5CC[C@@H](N6CCC6)C5)nc4s3)cc(F)c2n1. The normalized spacial score (nSPS) is 19.1. The summed E-state index contributed by atoms with van der Waals surface area (Å²) in [5.74, 6) is 0.0527. The predicted molar refractivity (Wildman–Crippen MR) is 122 cm³/mol. The smallest absolute Gasteiger partial charge is 0.284 e. The summed E-state index contributed by atoms with van der Waals surface area (Å²) in [5, 5.41) is 3.04. The minimum atomic E-state index is -0.492. The molecule has 0 aliphatic carbocycles. The Morgan fingerprint density at radius 3 is 2.88 bits per heavy atom. The molecule has 0 radical (unpaired) electrons. The van der Waals surface area contributed by atoms with Gasteiger partial charge in [-0.3, -0.25) is 9.69 Å². The number of carbonyl (C=O) groups is 1. The molecule has 2 aliphatic rings. The van der Waals surface area contributed by atoms with Crippen molar-refractivity contribution in [2.75, 3.05) is 36.4 Å². The van der Waals surface area contributed by atoms with E-state index in [1.165, 1.54) is 36.9 Å². The number of hydrogen-bond donors (Lipinski definition) is 1. The van der Waals surface area contributed by atoms with Crippen LogP contribution in [0.3, 0.4) is 0 Å². The van der Waals surface area contributed by atoms with Gasteiger partial charge in [0.15, 0.2) is 16.5 Å². The van der Waals surface area contributed by atoms with Gasteiger partial charge in [-0.1, -0.05) is 11.3 Å². The summed E-state index contributed by atoms with van der Waals surface area (Å²) in [7, 11) is 0. The molecule has 164 valence electrons. The van der Waals surface area contributed by atoms with Gasteiger partial charge in [-0.2, -0.15) is 0 Å². The van der Waals surface area contributed by atoms with Crippen molar-refractivity contribution in [3.8, 4) is 0 Å². The molecule has 0 saturated carbocycles. The van der Waals surface area contributed by atoms with Crippen molar-refractivity contribution in [3.63, 3.8) is 0 Å². The third-order valence-electron chi connectivity index (χ3n) is 6.21. The number of anilines is 2. The van der Waals surface area contributed by atoms with Crippen LogP contribution in [0.5, 0.6) is 0 Å². The molecule has 4 aromatic rings. The van der Waals surface area contributed by atoms with Crippen LogP contribution in [-0.2, 0) is 0 Å². The van der Waals surface area contributed by atoms with Crippen LogP contribution in [0.1, 0.15) is 28.3 Å². The van der Waals surface area contributed by atoms with Crippen LogP contribution in [0.4, 0.5) is 15.9 Å². The fraction of sp³-hybridized carbons (Fsp3) is 0.364. The first-order chi connectivity index (χ1) is 15.5. The molecule has 1 atom stereocenters. The number of aryl methyl sites for hydroxylation is 1. The van der Waals surface area contributed by atoms with Gasteiger partial charge in [0.2, 0.25) is 0 Å². The topological polar surface area (TPSA) is 78.7 Å². The molecule has 0 aromatic carbocycles. The number of likely N-dealkylation sites (tertiary alicyclic amines) is 1. The number of halogens is 1. The first kappa shape index (κ1) is 19.6. The molecular weight excluding hydrogens is 429 g/mol. The van der Waals surface area contributed by atoms with Crippen LogP contribution in [0, 0.1) is 12.7 Å². The van der Waals surface area contributed by atoms with Crippen LogP contribution in [0.2, 0.25) is 0 Å². The monoisotopic (exact) mass is 451 g/mol. The molecular formula is C22H22FN7OS. The quantitative estimate of drug-likeness (QED) is 0.513. The Kier molecular flexibility index (Phi) is 4.58. The first-order valence-corrected chi connectivity index (χ1v) is 11.6. The van der Waals surface area contributed by atoms with E-state index < -0.39 is 5.82 Å². The van der Waals surface area contributed by atoms with Crippen LogP contribution in [-0.4, -0.2) is 62.4 Å². The van der Waals surface area contributed by atoms with Gasteiger partial charge in [0.25, 0.3) is 5.91 Å². The van der Waals surface area contributed by atoms with Crippen molar-refractivity contribution >= 4 is 44.7 Å². The lowest BCUT2D eigenvalue weighted by Gasteiger charge is -2.36. The Bertz CT molecular complexity index is 1350. The number of rotatable bonds is 4. The van der Waals surface area contributed by atoms with Gasteiger partial charge in [0.05, 0.1) is 11.4 Å². The van der Waals surface area contributed by atoms with Gasteiger partial charge in [0.1, 0.15) is 16.2 Å². The third kappa shape index (κ3) is 3.39. The van der Waals surface area contributed by atoms with Crippen LogP contribution >= 0.6 is 11.3 Å². The summed E-state index contributed by atoms with van der Waals surface area (Å²) >= 11 is 1.25. The Morgan fingerprint density at radius 2 is 2.06 bits per heavy atom. The van der Waals surface area contributed by atoms with E-state index in [1.807, 2.05) is 12.1 Å². The first-order valence-electron chi connectivity index (χ1n) is 10.8. The maximum absolute atomic E-state index is 14.3. The number of aromatic nitrogens is 4. The highest BCUT2D eigenvalue weighted by atomic mass is 32.1. The molecule has 10 heteroatoms. The summed E-state index contributed by atoms with van der Waals surface area (Å²) < 4.78 is 15.9. The van der Waals surface area contributed by atoms with Crippen LogP contribution in [0.25, 0.3) is 16.0 Å². The Morgan fingerprint density at radius 1 is 1.19 bits per heavy atom. The average Bonchev–Trinajstić information content (AvgIpc) is 3.43. The molecule has 2 aliphatic heterocycles. The second kappa shape index (κ2) is 7.49. The van der Waals surface area contributed by atoms with Crippen LogP contribution < -0.4 is 10.2 Å². The largest absolute Gasteiger partial charge is 0.355 e. The molecule has 0 bridgehead atoms. The molecule has 1 amide bonds. The maximum Gasteiger partial charge on any atom is 0.284 e. The number of fused-ring (bicyclic) bond motifs is 2. The average molecular weight is 452 g/mol. The van der Waals surface area contributed by atoms with Gasteiger partial charge in [-0.15, -0.1) is 0 Å². The molecule has 6 heterocycles. The number of imidazole rings is 1. The zero-order valence-corrected chi connectivity index (χ0v) is 18.4. The Hall–Kier alpha value is -3.11. The lowest BCUT2D eigenvalue weighted by atomic mass is 10.1. The van der Waals surface area contributed by atoms with Gasteiger partial charge in [0, 0.05) is 37.6 Å². The highest BCUT2D eigenvalue weighted by Crippen LogP contribution is 2.28. The van der Waals surface area contributed by atoms with Gasteiger partial charge in [-0.25, -0.2) is 19.3 Å². The number of hydrogen-bond acceptors (Lipinski definition) is 7. The van der Waals surface area contributed by atoms with Crippen molar-refractivity contribution in [1.29, 1.82) is 0 Å². The molecule has 2 saturated heterocycles. The lowest BCUT2D eigenvalue weighted by Crippen LogP contribution is -2.46. The summed E-state index contributed by atoms with van der Waals surface area (Å²) in [6.07, 6.45) is 5.81. The standard InChI is InChI=1S/C22H22FN7OS/c1-13-10-30-11-14(9-16(23)19(30)24-13)25-20(31)22-26-17-3-4-18(27-21(17)32-22)29-8-5-15(12-29)28-6-2-7-28/h3-4,9-11,15H,2,5-8,12H2,1H3,(H,25,31)/t15-/m1/s1. The van der Waals surface area contributed by atoms with Crippen LogP contribution in [0.15, 0.2) is 30.6 Å². The van der Waals surface area contributed by atoms with Crippen molar-refractivity contribution < 1.29 is 9.18 Å². The van der Waals surface area contributed by atoms with E-state index in [1.54, 1.807) is 23.7 Å². The molecule has 0 spiro atoms. The van der Waals surface area contributed by atoms with Crippen molar-refractivity contribution in [1.82, 2.24) is 24.3 Å². The fourth-order valence-corrected chi connectivity index (χ4v) is 5.29. The minimum Gasteiger partial charge on any atom is -0.355 e. The predicted octanol–water partition coefficient (Wildman–Crippen LogP) is 3.32. The van der Waals surface area contributed by atoms with E-state index in [9.17, 15) is 9.18 Å². The van der Waals surface area contributed by atoms with E-state index >= 15 is 0 Å². The number of carbonyl (C=O) groups excluding carboxylic acids is 1. The van der Waals surface area contributed by atoms with Gasteiger partial charge < -0.3 is 14.6 Å². The highest BCUT2D eigenvalue weighted by molar-refractivity contribution is 7.20. The maximum atomic E-state index is 14.3. The van der Waals surface area contributed by atoms with Gasteiger partial charge in [-0.05, 0) is 45.0 Å². The molecule has 8 nitrogen and oxygen atoms in total. The molecule has 32 heavy (non-hydrogen) atoms. The number of nitrogens with zero attached hydrogens (tertiary/aromatic N) is 6. The van der Waals surface area contributed by atoms with E-state index in [0.717, 1.165) is 30.2 Å². The van der Waals surface area contributed by atoms with E-state index in [4.69, 9.17) is 4.98 Å². The Balaban J connectivity index is 1.21. The molecule has 1 N–H and O–H groups in total. The molecule has 4 aromatic heterocycles. The summed E-state index contributed by atoms with van der Waals surface area (Å²) in [5.41, 5.74) is 1.97. The molecule has 0 unspecified atom stereocenters. The second-order valence-electron chi connectivity index (χ2n) is 8.43. The number of amides is 1. The van der Waals surface area contributed by atoms with E-state index in [-0.39, 0.29) is 11.6 Å². The number of pyridine rings is 2. The zero-order chi connectivity index (χ0) is 21.8. The summed E-state index contributed by atoms with van der Waals surface area (Å²) in [4.78, 5) is 31.7. The molecule has 2 fully saturated rings. The zero-order valence-electron chi connectivity index (χ0n) is 17.6. The lowest BCUT2D eigenvalue weighted by molar-refractivity contribution is 0.102. The Labute approximate surface area is 187 Å². The van der Waals surface area contributed by atoms with Gasteiger partial charge >= 0.3 is 0 Å². The summed E-state index contributed by atoms with van der Waals surface area (Å²) in [6, 6.07) is 5.78. The van der Waals surface area contributed by atoms with E-state index in [2.05, 4.69) is 25.1 Å². The second-order valence-corrected chi connectivity index (χ2v) is 9.41. The van der Waals surface area contributed by atoms with Crippen molar-refractivity contribution in [2.24, 2.45) is 0 Å². The third-order valence-corrected chi connectivity index (χ3v) is 7.18. The molecule has 6 rings (SSSR count). The van der Waals surface area contributed by atoms with Crippen molar-refractivity contribution in [3.05, 3.63) is 47.1 Å². The highest BCUT2D eigenvalue weighted by Gasteiger charge is 2.31. The number of nitrogens with one attached hydrogen (secondary N) is 1. The summed E-state index contributed by atoms with van der Waals surface area (Å²) in [6.45, 7) is 6.19.